The Kier molecular flexibility index (Phi) is 5.50. The Morgan fingerprint density at radius 1 is 1.37 bits per heavy atom. The summed E-state index contributed by atoms with van der Waals surface area (Å²) in [5.74, 6) is 4.59. The van der Waals surface area contributed by atoms with E-state index in [0.717, 1.165) is 18.2 Å². The fraction of sp³-hybridized carbons (Fsp3) is 0.385. The van der Waals surface area contributed by atoms with Crippen LogP contribution in [0.4, 0.5) is 17.6 Å². The molecular formula is C13H16F4N2. The number of hydrogen-bond donors (Lipinski definition) is 2. The highest BCUT2D eigenvalue weighted by Crippen LogP contribution is 2.32. The van der Waals surface area contributed by atoms with Crippen molar-refractivity contribution in [1.29, 1.82) is 0 Å². The first kappa shape index (κ1) is 15.7. The number of halogens is 4. The Morgan fingerprint density at radius 2 is 2.05 bits per heavy atom. The summed E-state index contributed by atoms with van der Waals surface area (Å²) in [6, 6.07) is 1.68. The number of nitrogens with one attached hydrogen (secondary N) is 1. The molecule has 0 aliphatic carbocycles. The van der Waals surface area contributed by atoms with Crippen molar-refractivity contribution >= 4 is 0 Å². The minimum Gasteiger partial charge on any atom is -0.271 e. The molecular weight excluding hydrogens is 260 g/mol. The van der Waals surface area contributed by atoms with Gasteiger partial charge in [-0.15, -0.1) is 6.58 Å². The van der Waals surface area contributed by atoms with Gasteiger partial charge in [0.15, 0.2) is 0 Å². The SMILES string of the molecule is C=CCCCC(NN)c1cc(C(F)(F)F)ccc1F. The predicted octanol–water partition coefficient (Wildman–Crippen LogP) is 3.71. The highest BCUT2D eigenvalue weighted by molar-refractivity contribution is 5.29. The summed E-state index contributed by atoms with van der Waals surface area (Å²) < 4.78 is 51.4. The molecule has 6 heteroatoms. The van der Waals surface area contributed by atoms with E-state index in [0.29, 0.717) is 19.3 Å². The van der Waals surface area contributed by atoms with Gasteiger partial charge in [0, 0.05) is 11.6 Å². The molecule has 106 valence electrons. The lowest BCUT2D eigenvalue weighted by Crippen LogP contribution is -2.29. The third kappa shape index (κ3) is 4.33. The van der Waals surface area contributed by atoms with Gasteiger partial charge in [0.25, 0.3) is 0 Å². The quantitative estimate of drug-likeness (QED) is 0.273. The summed E-state index contributed by atoms with van der Waals surface area (Å²) in [4.78, 5) is 0. The molecule has 0 saturated carbocycles. The molecule has 3 N–H and O–H groups in total. The van der Waals surface area contributed by atoms with Crippen LogP contribution in [0.1, 0.15) is 36.4 Å². The third-order valence-corrected chi connectivity index (χ3v) is 2.80. The van der Waals surface area contributed by atoms with Crippen LogP contribution < -0.4 is 11.3 Å². The van der Waals surface area contributed by atoms with Crippen LogP contribution in [-0.2, 0) is 6.18 Å². The van der Waals surface area contributed by atoms with Crippen molar-refractivity contribution in [2.45, 2.75) is 31.5 Å². The highest BCUT2D eigenvalue weighted by Gasteiger charge is 2.31. The van der Waals surface area contributed by atoms with E-state index >= 15 is 0 Å². The molecule has 0 fully saturated rings. The second-order valence-electron chi connectivity index (χ2n) is 4.17. The van der Waals surface area contributed by atoms with Crippen LogP contribution in [0.15, 0.2) is 30.9 Å². The van der Waals surface area contributed by atoms with Crippen LogP contribution in [-0.4, -0.2) is 0 Å². The molecule has 1 rings (SSSR count). The number of nitrogens with two attached hydrogens (primary N) is 1. The molecule has 0 aliphatic heterocycles. The Morgan fingerprint density at radius 3 is 2.58 bits per heavy atom. The van der Waals surface area contributed by atoms with Crippen LogP contribution in [0.2, 0.25) is 0 Å². The minimum absolute atomic E-state index is 0.0682. The molecule has 19 heavy (non-hydrogen) atoms. The zero-order chi connectivity index (χ0) is 14.5. The molecule has 1 atom stereocenters. The molecule has 0 bridgehead atoms. The van der Waals surface area contributed by atoms with Crippen molar-refractivity contribution in [3.63, 3.8) is 0 Å². The van der Waals surface area contributed by atoms with E-state index in [2.05, 4.69) is 12.0 Å². The molecule has 0 aromatic heterocycles. The van der Waals surface area contributed by atoms with E-state index in [-0.39, 0.29) is 5.56 Å². The third-order valence-electron chi connectivity index (χ3n) is 2.80. The van der Waals surface area contributed by atoms with Gasteiger partial charge in [-0.25, -0.2) is 4.39 Å². The number of rotatable bonds is 6. The number of benzene rings is 1. The standard InChI is InChI=1S/C13H16F4N2/c1-2-3-4-5-12(19-18)10-8-9(13(15,16)17)6-7-11(10)14/h2,6-8,12,19H,1,3-5,18H2. The van der Waals surface area contributed by atoms with Gasteiger partial charge in [0.2, 0.25) is 0 Å². The maximum Gasteiger partial charge on any atom is 0.416 e. The van der Waals surface area contributed by atoms with E-state index in [9.17, 15) is 17.6 Å². The summed E-state index contributed by atoms with van der Waals surface area (Å²) in [6.07, 6.45) is -1.02. The monoisotopic (exact) mass is 276 g/mol. The second-order valence-corrected chi connectivity index (χ2v) is 4.17. The lowest BCUT2D eigenvalue weighted by Gasteiger charge is -2.18. The Labute approximate surface area is 109 Å². The molecule has 1 unspecified atom stereocenters. The van der Waals surface area contributed by atoms with Gasteiger partial charge < -0.3 is 0 Å². The Hall–Kier alpha value is -1.40. The smallest absolute Gasteiger partial charge is 0.271 e. The van der Waals surface area contributed by atoms with Crippen molar-refractivity contribution in [3.05, 3.63) is 47.8 Å². The largest absolute Gasteiger partial charge is 0.416 e. The molecule has 0 amide bonds. The van der Waals surface area contributed by atoms with Crippen molar-refractivity contribution in [2.75, 3.05) is 0 Å². The van der Waals surface area contributed by atoms with Gasteiger partial charge in [-0.05, 0) is 37.5 Å². The van der Waals surface area contributed by atoms with E-state index in [1.165, 1.54) is 0 Å². The van der Waals surface area contributed by atoms with E-state index in [1.54, 1.807) is 6.08 Å². The lowest BCUT2D eigenvalue weighted by molar-refractivity contribution is -0.137. The van der Waals surface area contributed by atoms with Gasteiger partial charge in [-0.2, -0.15) is 13.2 Å². The number of hydrazine groups is 1. The zero-order valence-electron chi connectivity index (χ0n) is 10.3. The van der Waals surface area contributed by atoms with Gasteiger partial charge in [0.1, 0.15) is 5.82 Å². The van der Waals surface area contributed by atoms with Crippen molar-refractivity contribution in [3.8, 4) is 0 Å². The van der Waals surface area contributed by atoms with Gasteiger partial charge in [-0.1, -0.05) is 6.08 Å². The maximum atomic E-state index is 13.6. The van der Waals surface area contributed by atoms with E-state index in [1.807, 2.05) is 0 Å². The van der Waals surface area contributed by atoms with Crippen LogP contribution in [0.3, 0.4) is 0 Å². The van der Waals surface area contributed by atoms with Crippen LogP contribution in [0, 0.1) is 5.82 Å². The summed E-state index contributed by atoms with van der Waals surface area (Å²) >= 11 is 0. The van der Waals surface area contributed by atoms with Crippen LogP contribution in [0.25, 0.3) is 0 Å². The van der Waals surface area contributed by atoms with Gasteiger partial charge in [0.05, 0.1) is 5.56 Å². The predicted molar refractivity (Wildman–Crippen MR) is 65.5 cm³/mol. The van der Waals surface area contributed by atoms with Crippen molar-refractivity contribution in [1.82, 2.24) is 5.43 Å². The Balaban J connectivity index is 2.98. The normalized spacial score (nSPS) is 13.3. The van der Waals surface area contributed by atoms with Crippen LogP contribution in [0.5, 0.6) is 0 Å². The summed E-state index contributed by atoms with van der Waals surface area (Å²) in [5.41, 5.74) is 1.41. The molecule has 1 aromatic rings. The summed E-state index contributed by atoms with van der Waals surface area (Å²) in [5, 5.41) is 0. The van der Waals surface area contributed by atoms with Crippen LogP contribution >= 0.6 is 0 Å². The number of allylic oxidation sites excluding steroid dienone is 1. The summed E-state index contributed by atoms with van der Waals surface area (Å²) in [6.45, 7) is 3.55. The number of hydrogen-bond acceptors (Lipinski definition) is 2. The van der Waals surface area contributed by atoms with Crippen molar-refractivity contribution < 1.29 is 17.6 Å². The zero-order valence-corrected chi connectivity index (χ0v) is 10.3. The van der Waals surface area contributed by atoms with Gasteiger partial charge >= 0.3 is 6.18 Å². The van der Waals surface area contributed by atoms with Crippen molar-refractivity contribution in [2.24, 2.45) is 5.84 Å². The molecule has 2 nitrogen and oxygen atoms in total. The molecule has 0 radical (unpaired) electrons. The minimum atomic E-state index is -4.50. The second kappa shape index (κ2) is 6.68. The lowest BCUT2D eigenvalue weighted by atomic mass is 9.98. The fourth-order valence-electron chi connectivity index (χ4n) is 1.78. The first-order valence-electron chi connectivity index (χ1n) is 5.83. The maximum absolute atomic E-state index is 13.6. The highest BCUT2D eigenvalue weighted by atomic mass is 19.4. The fourth-order valence-corrected chi connectivity index (χ4v) is 1.78. The van der Waals surface area contributed by atoms with E-state index in [4.69, 9.17) is 5.84 Å². The number of alkyl halides is 3. The van der Waals surface area contributed by atoms with Gasteiger partial charge in [-0.3, -0.25) is 11.3 Å². The topological polar surface area (TPSA) is 38.0 Å². The average Bonchev–Trinajstić information content (AvgIpc) is 2.34. The first-order chi connectivity index (χ1) is 8.90. The molecule has 0 saturated heterocycles. The molecule has 1 aromatic carbocycles. The Bertz CT molecular complexity index is 429. The molecule has 0 spiro atoms. The summed E-state index contributed by atoms with van der Waals surface area (Å²) in [7, 11) is 0. The van der Waals surface area contributed by atoms with E-state index < -0.39 is 23.6 Å². The average molecular weight is 276 g/mol. The molecule has 0 aliphatic rings. The first-order valence-corrected chi connectivity index (χ1v) is 5.83. The molecule has 0 heterocycles. The number of unbranched alkanes of at least 4 members (excludes halogenated alkanes) is 1.